The SMILES string of the molecule is CCCCc1ncc(/C=C2\NC(=O)N(COCC[Si](C)(C)C)C2=O)n1Cc1ccc(C(=O)OC)cc1. The van der Waals surface area contributed by atoms with Crippen LogP contribution in [0.3, 0.4) is 0 Å². The van der Waals surface area contributed by atoms with Gasteiger partial charge in [-0.2, -0.15) is 0 Å². The molecule has 2 heterocycles. The van der Waals surface area contributed by atoms with Gasteiger partial charge in [0.15, 0.2) is 0 Å². The minimum atomic E-state index is -1.26. The molecule has 0 unspecified atom stereocenters. The summed E-state index contributed by atoms with van der Waals surface area (Å²) in [5.41, 5.74) is 2.35. The highest BCUT2D eigenvalue weighted by atomic mass is 28.3. The van der Waals surface area contributed by atoms with Crippen LogP contribution in [0.2, 0.25) is 25.7 Å². The number of aromatic nitrogens is 2. The second kappa shape index (κ2) is 12.1. The van der Waals surface area contributed by atoms with Gasteiger partial charge in [-0.25, -0.2) is 19.5 Å². The number of esters is 1. The number of rotatable bonds is 12. The number of benzene rings is 1. The van der Waals surface area contributed by atoms with Gasteiger partial charge < -0.3 is 19.4 Å². The molecule has 10 heteroatoms. The van der Waals surface area contributed by atoms with E-state index in [1.165, 1.54) is 7.11 Å². The number of carbonyl (C=O) groups excluding carboxylic acids is 3. The van der Waals surface area contributed by atoms with Crippen molar-refractivity contribution in [3.8, 4) is 0 Å². The number of methoxy groups -OCH3 is 1. The van der Waals surface area contributed by atoms with Crippen molar-refractivity contribution in [2.24, 2.45) is 0 Å². The molecule has 0 saturated carbocycles. The van der Waals surface area contributed by atoms with Gasteiger partial charge in [-0.1, -0.05) is 45.1 Å². The monoisotopic (exact) mass is 512 g/mol. The molecule has 1 aliphatic heterocycles. The van der Waals surface area contributed by atoms with Crippen LogP contribution in [0.15, 0.2) is 36.2 Å². The first-order valence-electron chi connectivity index (χ1n) is 12.3. The number of aryl methyl sites for hydroxylation is 1. The predicted molar refractivity (Wildman–Crippen MR) is 140 cm³/mol. The van der Waals surface area contributed by atoms with Crippen LogP contribution in [-0.4, -0.2) is 60.9 Å². The second-order valence-corrected chi connectivity index (χ2v) is 15.7. The highest BCUT2D eigenvalue weighted by Gasteiger charge is 2.34. The zero-order valence-corrected chi connectivity index (χ0v) is 22.8. The van der Waals surface area contributed by atoms with E-state index in [-0.39, 0.29) is 18.4 Å². The summed E-state index contributed by atoms with van der Waals surface area (Å²) in [4.78, 5) is 42.8. The molecule has 1 aromatic carbocycles. The normalized spacial score (nSPS) is 15.0. The van der Waals surface area contributed by atoms with Crippen LogP contribution < -0.4 is 5.32 Å². The van der Waals surface area contributed by atoms with Gasteiger partial charge in [0.05, 0.1) is 24.6 Å². The molecule has 1 fully saturated rings. The first-order valence-corrected chi connectivity index (χ1v) is 16.0. The number of nitrogens with one attached hydrogen (secondary N) is 1. The molecule has 1 saturated heterocycles. The lowest BCUT2D eigenvalue weighted by atomic mass is 10.1. The number of nitrogens with zero attached hydrogens (tertiary/aromatic N) is 3. The maximum Gasteiger partial charge on any atom is 0.337 e. The molecule has 3 amide bonds. The van der Waals surface area contributed by atoms with E-state index >= 15 is 0 Å². The molecule has 9 nitrogen and oxygen atoms in total. The number of urea groups is 1. The Bertz CT molecular complexity index is 1120. The molecule has 0 bridgehead atoms. The number of ether oxygens (including phenoxy) is 2. The molecular formula is C26H36N4O5Si. The maximum absolute atomic E-state index is 12.9. The molecule has 1 N–H and O–H groups in total. The van der Waals surface area contributed by atoms with E-state index in [1.807, 2.05) is 16.7 Å². The number of imide groups is 1. The Morgan fingerprint density at radius 3 is 2.53 bits per heavy atom. The van der Waals surface area contributed by atoms with Crippen molar-refractivity contribution in [2.45, 2.75) is 58.4 Å². The predicted octanol–water partition coefficient (Wildman–Crippen LogP) is 4.27. The van der Waals surface area contributed by atoms with E-state index in [9.17, 15) is 14.4 Å². The first-order chi connectivity index (χ1) is 17.1. The molecular weight excluding hydrogens is 476 g/mol. The van der Waals surface area contributed by atoms with Crippen molar-refractivity contribution in [1.29, 1.82) is 0 Å². The van der Waals surface area contributed by atoms with E-state index in [0.717, 1.165) is 41.6 Å². The number of carbonyl (C=O) groups is 3. The highest BCUT2D eigenvalue weighted by molar-refractivity contribution is 6.76. The summed E-state index contributed by atoms with van der Waals surface area (Å²) in [6.45, 7) is 9.82. The Hall–Kier alpha value is -3.24. The molecule has 2 aromatic rings. The van der Waals surface area contributed by atoms with Crippen molar-refractivity contribution in [2.75, 3.05) is 20.4 Å². The third-order valence-electron chi connectivity index (χ3n) is 5.91. The Morgan fingerprint density at radius 2 is 1.89 bits per heavy atom. The van der Waals surface area contributed by atoms with E-state index in [1.54, 1.807) is 24.4 Å². The minimum Gasteiger partial charge on any atom is -0.465 e. The summed E-state index contributed by atoms with van der Waals surface area (Å²) in [6, 6.07) is 7.66. The van der Waals surface area contributed by atoms with Crippen LogP contribution in [0.25, 0.3) is 6.08 Å². The van der Waals surface area contributed by atoms with Crippen molar-refractivity contribution < 1.29 is 23.9 Å². The Labute approximate surface area is 213 Å². The summed E-state index contributed by atoms with van der Waals surface area (Å²) in [6.07, 6.45) is 6.17. The third-order valence-corrected chi connectivity index (χ3v) is 7.61. The lowest BCUT2D eigenvalue weighted by Gasteiger charge is -2.17. The van der Waals surface area contributed by atoms with E-state index in [4.69, 9.17) is 9.47 Å². The molecule has 194 valence electrons. The summed E-state index contributed by atoms with van der Waals surface area (Å²) < 4.78 is 12.4. The van der Waals surface area contributed by atoms with Gasteiger partial charge in [-0.05, 0) is 36.2 Å². The largest absolute Gasteiger partial charge is 0.465 e. The summed E-state index contributed by atoms with van der Waals surface area (Å²) in [7, 11) is 0.0900. The quantitative estimate of drug-likeness (QED) is 0.150. The van der Waals surface area contributed by atoms with E-state index in [0.29, 0.717) is 24.4 Å². The van der Waals surface area contributed by atoms with Crippen LogP contribution >= 0.6 is 0 Å². The van der Waals surface area contributed by atoms with Crippen molar-refractivity contribution in [1.82, 2.24) is 19.8 Å². The van der Waals surface area contributed by atoms with Crippen LogP contribution in [0.5, 0.6) is 0 Å². The summed E-state index contributed by atoms with van der Waals surface area (Å²) in [5, 5.41) is 2.66. The lowest BCUT2D eigenvalue weighted by Crippen LogP contribution is -2.34. The fraction of sp³-hybridized carbons (Fsp3) is 0.462. The van der Waals surface area contributed by atoms with E-state index in [2.05, 4.69) is 36.9 Å². The highest BCUT2D eigenvalue weighted by Crippen LogP contribution is 2.19. The molecule has 36 heavy (non-hydrogen) atoms. The summed E-state index contributed by atoms with van der Waals surface area (Å²) in [5.74, 6) is 0.0880. The average molecular weight is 513 g/mol. The van der Waals surface area contributed by atoms with Gasteiger partial charge in [-0.15, -0.1) is 0 Å². The van der Waals surface area contributed by atoms with Gasteiger partial charge in [0.25, 0.3) is 5.91 Å². The van der Waals surface area contributed by atoms with Crippen molar-refractivity contribution >= 4 is 32.1 Å². The Morgan fingerprint density at radius 1 is 1.17 bits per heavy atom. The Balaban J connectivity index is 1.78. The number of hydrogen-bond donors (Lipinski definition) is 1. The van der Waals surface area contributed by atoms with Crippen LogP contribution in [-0.2, 0) is 27.2 Å². The minimum absolute atomic E-state index is 0.0694. The van der Waals surface area contributed by atoms with Crippen LogP contribution in [0.4, 0.5) is 4.79 Å². The molecule has 1 aliphatic rings. The zero-order valence-electron chi connectivity index (χ0n) is 21.8. The van der Waals surface area contributed by atoms with E-state index < -0.39 is 20.0 Å². The van der Waals surface area contributed by atoms with Crippen LogP contribution in [0, 0.1) is 0 Å². The average Bonchev–Trinajstić information content (AvgIpc) is 3.34. The smallest absolute Gasteiger partial charge is 0.337 e. The molecule has 0 spiro atoms. The number of amides is 3. The van der Waals surface area contributed by atoms with Gasteiger partial charge in [0.2, 0.25) is 0 Å². The van der Waals surface area contributed by atoms with Crippen LogP contribution in [0.1, 0.15) is 47.2 Å². The molecule has 1 aromatic heterocycles. The molecule has 0 atom stereocenters. The topological polar surface area (TPSA) is 103 Å². The van der Waals surface area contributed by atoms with Gasteiger partial charge in [-0.3, -0.25) is 4.79 Å². The summed E-state index contributed by atoms with van der Waals surface area (Å²) >= 11 is 0. The molecule has 0 aliphatic carbocycles. The fourth-order valence-corrected chi connectivity index (χ4v) is 4.44. The van der Waals surface area contributed by atoms with Gasteiger partial charge in [0.1, 0.15) is 18.3 Å². The molecule has 0 radical (unpaired) electrons. The number of imidazole rings is 1. The van der Waals surface area contributed by atoms with Gasteiger partial charge in [0, 0.05) is 27.6 Å². The molecule has 3 rings (SSSR count). The van der Waals surface area contributed by atoms with Crippen molar-refractivity contribution in [3.63, 3.8) is 0 Å². The van der Waals surface area contributed by atoms with Crippen molar-refractivity contribution in [3.05, 3.63) is 58.8 Å². The maximum atomic E-state index is 12.9. The zero-order chi connectivity index (χ0) is 26.3. The second-order valence-electron chi connectivity index (χ2n) is 10.0. The Kier molecular flexibility index (Phi) is 9.22. The lowest BCUT2D eigenvalue weighted by molar-refractivity contribution is -0.126. The van der Waals surface area contributed by atoms with Gasteiger partial charge >= 0.3 is 12.0 Å². The third kappa shape index (κ3) is 7.14. The number of unbranched alkanes of at least 4 members (excludes halogenated alkanes) is 1. The fourth-order valence-electron chi connectivity index (χ4n) is 3.68. The first kappa shape index (κ1) is 27.3. The number of hydrogen-bond acceptors (Lipinski definition) is 6. The standard InChI is InChI=1S/C26H36N4O5Si/c1-6-7-8-23-27-16-21(29(23)17-19-9-11-20(12-10-19)25(32)34-2)15-22-24(31)30(26(33)28-22)18-35-13-14-36(3,4)5/h9-12,15-16H,6-8,13-14,17-18H2,1-5H3,(H,28,33)/b22-15-.